The van der Waals surface area contributed by atoms with E-state index in [0.29, 0.717) is 28.2 Å². The van der Waals surface area contributed by atoms with Crippen molar-refractivity contribution in [3.8, 4) is 0 Å². The van der Waals surface area contributed by atoms with Crippen LogP contribution in [0.2, 0.25) is 10.0 Å². The van der Waals surface area contributed by atoms with Crippen LogP contribution in [0.1, 0.15) is 37.9 Å². The fourth-order valence-corrected chi connectivity index (χ4v) is 2.55. The van der Waals surface area contributed by atoms with Crippen LogP contribution in [-0.4, -0.2) is 17.7 Å². The number of halogens is 2. The van der Waals surface area contributed by atoms with E-state index in [4.69, 9.17) is 23.2 Å². The molecule has 100 valence electrons. The second kappa shape index (κ2) is 6.25. The maximum atomic E-state index is 10.1. The lowest BCUT2D eigenvalue weighted by molar-refractivity contribution is 0.169. The van der Waals surface area contributed by atoms with Crippen LogP contribution in [0, 0.1) is 5.92 Å². The number of aliphatic hydroxyl groups excluding tert-OH is 1. The molecule has 1 aliphatic rings. The largest absolute Gasteiger partial charge is 0.387 e. The van der Waals surface area contributed by atoms with Crippen LogP contribution in [0.25, 0.3) is 0 Å². The smallest absolute Gasteiger partial charge is 0.0929 e. The quantitative estimate of drug-likeness (QED) is 0.834. The van der Waals surface area contributed by atoms with E-state index in [1.54, 1.807) is 18.2 Å². The van der Waals surface area contributed by atoms with Gasteiger partial charge in [-0.1, -0.05) is 36.0 Å². The minimum atomic E-state index is -0.613. The summed E-state index contributed by atoms with van der Waals surface area (Å²) in [5.41, 5.74) is 0.690. The second-order valence-electron chi connectivity index (χ2n) is 5.17. The molecule has 2 N–H and O–H groups in total. The van der Waals surface area contributed by atoms with Crippen LogP contribution in [0.15, 0.2) is 18.2 Å². The van der Waals surface area contributed by atoms with Crippen LogP contribution in [-0.2, 0) is 0 Å². The predicted octanol–water partition coefficient (Wildman–Crippen LogP) is 3.81. The van der Waals surface area contributed by atoms with Gasteiger partial charge in [-0.25, -0.2) is 0 Å². The molecule has 0 amide bonds. The summed E-state index contributed by atoms with van der Waals surface area (Å²) in [4.78, 5) is 0. The third-order valence-corrected chi connectivity index (χ3v) is 3.94. The SMILES string of the molecule is CC(CC1CC1)NCC(O)c1cc(Cl)ccc1Cl. The lowest BCUT2D eigenvalue weighted by atomic mass is 10.1. The Labute approximate surface area is 118 Å². The molecule has 2 unspecified atom stereocenters. The highest BCUT2D eigenvalue weighted by atomic mass is 35.5. The first-order chi connectivity index (χ1) is 8.56. The summed E-state index contributed by atoms with van der Waals surface area (Å²) in [6, 6.07) is 5.60. The summed E-state index contributed by atoms with van der Waals surface area (Å²) >= 11 is 12.0. The van der Waals surface area contributed by atoms with E-state index in [1.165, 1.54) is 19.3 Å². The molecule has 0 aliphatic heterocycles. The van der Waals surface area contributed by atoms with Gasteiger partial charge < -0.3 is 10.4 Å². The van der Waals surface area contributed by atoms with Gasteiger partial charge in [-0.3, -0.25) is 0 Å². The molecule has 0 heterocycles. The lowest BCUT2D eigenvalue weighted by Crippen LogP contribution is -2.30. The number of benzene rings is 1. The molecule has 0 spiro atoms. The van der Waals surface area contributed by atoms with Crippen molar-refractivity contribution in [2.75, 3.05) is 6.54 Å². The summed E-state index contributed by atoms with van der Waals surface area (Å²) in [6.45, 7) is 2.67. The van der Waals surface area contributed by atoms with Crippen LogP contribution < -0.4 is 5.32 Å². The zero-order chi connectivity index (χ0) is 13.1. The van der Waals surface area contributed by atoms with Gasteiger partial charge in [-0.2, -0.15) is 0 Å². The molecular formula is C14H19Cl2NO. The molecule has 0 saturated heterocycles. The van der Waals surface area contributed by atoms with E-state index in [1.807, 2.05) is 0 Å². The van der Waals surface area contributed by atoms with E-state index in [-0.39, 0.29) is 0 Å². The number of aliphatic hydroxyl groups is 1. The highest BCUT2D eigenvalue weighted by Gasteiger charge is 2.23. The molecule has 1 aliphatic carbocycles. The molecule has 1 aromatic rings. The van der Waals surface area contributed by atoms with Crippen LogP contribution in [0.3, 0.4) is 0 Å². The van der Waals surface area contributed by atoms with Gasteiger partial charge in [0.1, 0.15) is 0 Å². The average Bonchev–Trinajstić information content (AvgIpc) is 3.13. The van der Waals surface area contributed by atoms with Gasteiger partial charge in [-0.05, 0) is 37.5 Å². The van der Waals surface area contributed by atoms with Gasteiger partial charge in [0.2, 0.25) is 0 Å². The van der Waals surface area contributed by atoms with Gasteiger partial charge in [0.05, 0.1) is 6.10 Å². The highest BCUT2D eigenvalue weighted by Crippen LogP contribution is 2.33. The molecule has 0 aromatic heterocycles. The molecular weight excluding hydrogens is 269 g/mol. The van der Waals surface area contributed by atoms with Gasteiger partial charge in [-0.15, -0.1) is 0 Å². The van der Waals surface area contributed by atoms with E-state index in [0.717, 1.165) is 5.92 Å². The maximum absolute atomic E-state index is 10.1. The Kier molecular flexibility index (Phi) is 4.91. The summed E-state index contributed by atoms with van der Waals surface area (Å²) < 4.78 is 0. The van der Waals surface area contributed by atoms with Crippen molar-refractivity contribution in [3.63, 3.8) is 0 Å². The second-order valence-corrected chi connectivity index (χ2v) is 6.01. The first-order valence-corrected chi connectivity index (χ1v) is 7.18. The highest BCUT2D eigenvalue weighted by molar-refractivity contribution is 6.33. The molecule has 2 nitrogen and oxygen atoms in total. The van der Waals surface area contributed by atoms with Crippen molar-refractivity contribution < 1.29 is 5.11 Å². The standard InChI is InChI=1S/C14H19Cl2NO/c1-9(6-10-2-3-10)17-8-14(18)12-7-11(15)4-5-13(12)16/h4-5,7,9-10,14,17-18H,2-3,6,8H2,1H3. The van der Waals surface area contributed by atoms with Crippen molar-refractivity contribution in [2.45, 2.75) is 38.3 Å². The van der Waals surface area contributed by atoms with Crippen LogP contribution in [0.5, 0.6) is 0 Å². The molecule has 0 bridgehead atoms. The monoisotopic (exact) mass is 287 g/mol. The number of nitrogens with one attached hydrogen (secondary N) is 1. The van der Waals surface area contributed by atoms with Crippen molar-refractivity contribution in [2.24, 2.45) is 5.92 Å². The Morgan fingerprint density at radius 2 is 2.11 bits per heavy atom. The Balaban J connectivity index is 1.85. The zero-order valence-electron chi connectivity index (χ0n) is 10.5. The average molecular weight is 288 g/mol. The molecule has 2 rings (SSSR count). The lowest BCUT2D eigenvalue weighted by Gasteiger charge is -2.18. The fourth-order valence-electron chi connectivity index (χ4n) is 2.13. The number of hydrogen-bond donors (Lipinski definition) is 2. The number of hydrogen-bond acceptors (Lipinski definition) is 2. The van der Waals surface area contributed by atoms with Crippen molar-refractivity contribution in [3.05, 3.63) is 33.8 Å². The summed E-state index contributed by atoms with van der Waals surface area (Å²) in [6.07, 6.45) is 3.29. The van der Waals surface area contributed by atoms with E-state index < -0.39 is 6.10 Å². The maximum Gasteiger partial charge on any atom is 0.0929 e. The number of rotatable bonds is 6. The first-order valence-electron chi connectivity index (χ1n) is 6.42. The Morgan fingerprint density at radius 1 is 1.39 bits per heavy atom. The Bertz CT molecular complexity index is 407. The molecule has 2 atom stereocenters. The van der Waals surface area contributed by atoms with Crippen molar-refractivity contribution >= 4 is 23.2 Å². The van der Waals surface area contributed by atoms with Gasteiger partial charge in [0.15, 0.2) is 0 Å². The van der Waals surface area contributed by atoms with E-state index in [2.05, 4.69) is 12.2 Å². The van der Waals surface area contributed by atoms with Gasteiger partial charge >= 0.3 is 0 Å². The molecule has 0 radical (unpaired) electrons. The van der Waals surface area contributed by atoms with Crippen molar-refractivity contribution in [1.82, 2.24) is 5.32 Å². The van der Waals surface area contributed by atoms with E-state index >= 15 is 0 Å². The Hall–Kier alpha value is -0.280. The third kappa shape index (κ3) is 4.13. The topological polar surface area (TPSA) is 32.3 Å². The molecule has 1 aromatic carbocycles. The first kappa shape index (κ1) is 14.1. The molecule has 4 heteroatoms. The van der Waals surface area contributed by atoms with Gasteiger partial charge in [0, 0.05) is 28.2 Å². The molecule has 1 fully saturated rings. The minimum absolute atomic E-state index is 0.435. The van der Waals surface area contributed by atoms with E-state index in [9.17, 15) is 5.11 Å². The van der Waals surface area contributed by atoms with Crippen molar-refractivity contribution in [1.29, 1.82) is 0 Å². The van der Waals surface area contributed by atoms with Crippen LogP contribution >= 0.6 is 23.2 Å². The molecule has 18 heavy (non-hydrogen) atoms. The normalized spacial score (nSPS) is 18.7. The molecule has 1 saturated carbocycles. The fraction of sp³-hybridized carbons (Fsp3) is 0.571. The summed E-state index contributed by atoms with van der Waals surface area (Å²) in [5.74, 6) is 0.888. The van der Waals surface area contributed by atoms with Crippen LogP contribution in [0.4, 0.5) is 0 Å². The minimum Gasteiger partial charge on any atom is -0.387 e. The summed E-state index contributed by atoms with van der Waals surface area (Å²) in [7, 11) is 0. The Morgan fingerprint density at radius 3 is 2.78 bits per heavy atom. The predicted molar refractivity (Wildman–Crippen MR) is 76.2 cm³/mol. The third-order valence-electron chi connectivity index (χ3n) is 3.36. The summed E-state index contributed by atoms with van der Waals surface area (Å²) in [5, 5.41) is 14.6. The zero-order valence-corrected chi connectivity index (χ0v) is 12.0. The van der Waals surface area contributed by atoms with Gasteiger partial charge in [0.25, 0.3) is 0 Å².